The molecule has 1 aliphatic carbocycles. The number of ether oxygens (including phenoxy) is 1. The Morgan fingerprint density at radius 2 is 2.00 bits per heavy atom. The Balaban J connectivity index is 1.97. The van der Waals surface area contributed by atoms with Crippen LogP contribution in [0.1, 0.15) is 31.2 Å². The molecule has 0 saturated heterocycles. The van der Waals surface area contributed by atoms with Gasteiger partial charge in [-0.1, -0.05) is 18.9 Å². The number of aliphatic imine (C=N–C) groups is 1. The fourth-order valence-electron chi connectivity index (χ4n) is 3.48. The van der Waals surface area contributed by atoms with Gasteiger partial charge in [-0.05, 0) is 18.9 Å². The van der Waals surface area contributed by atoms with Crippen molar-refractivity contribution < 1.29 is 22.7 Å². The molecular formula is C19H28F3N5O2. The second kappa shape index (κ2) is 9.80. The third kappa shape index (κ3) is 6.50. The summed E-state index contributed by atoms with van der Waals surface area (Å²) in [6.45, 7) is -0.789. The number of amides is 1. The van der Waals surface area contributed by atoms with Gasteiger partial charge in [-0.15, -0.1) is 0 Å². The molecule has 0 spiro atoms. The first-order valence-electron chi connectivity index (χ1n) is 9.46. The molecule has 29 heavy (non-hydrogen) atoms. The van der Waals surface area contributed by atoms with Crippen molar-refractivity contribution in [1.82, 2.24) is 20.5 Å². The molecule has 0 radical (unpaired) electrons. The van der Waals surface area contributed by atoms with Gasteiger partial charge in [-0.2, -0.15) is 13.2 Å². The maximum absolute atomic E-state index is 12.7. The number of carbonyl (C=O) groups excluding carboxylic acids is 1. The zero-order valence-corrected chi connectivity index (χ0v) is 17.0. The summed E-state index contributed by atoms with van der Waals surface area (Å²) in [5, 5.41) is 6.23. The fourth-order valence-corrected chi connectivity index (χ4v) is 3.48. The SMILES string of the molecule is CN=C(NCc1cccnc1OCC(F)(F)F)NCC1(C(=O)N(C)C)CCCC1. The second-order valence-corrected chi connectivity index (χ2v) is 7.34. The van der Waals surface area contributed by atoms with Gasteiger partial charge in [0.2, 0.25) is 11.8 Å². The van der Waals surface area contributed by atoms with E-state index in [-0.39, 0.29) is 18.3 Å². The summed E-state index contributed by atoms with van der Waals surface area (Å²) in [5.41, 5.74) is 0.00999. The number of guanidine groups is 1. The Kier molecular flexibility index (Phi) is 7.69. The summed E-state index contributed by atoms with van der Waals surface area (Å²) in [6, 6.07) is 3.25. The van der Waals surface area contributed by atoms with Gasteiger partial charge in [0, 0.05) is 46.0 Å². The number of hydrogen-bond donors (Lipinski definition) is 2. The Morgan fingerprint density at radius 3 is 2.59 bits per heavy atom. The number of halogens is 3. The Bertz CT molecular complexity index is 716. The summed E-state index contributed by atoms with van der Waals surface area (Å²) in [7, 11) is 5.09. The van der Waals surface area contributed by atoms with Crippen LogP contribution in [0.3, 0.4) is 0 Å². The van der Waals surface area contributed by atoms with Crippen LogP contribution in [0, 0.1) is 5.41 Å². The highest BCUT2D eigenvalue weighted by Gasteiger charge is 2.42. The largest absolute Gasteiger partial charge is 0.468 e. The van der Waals surface area contributed by atoms with E-state index in [4.69, 9.17) is 4.74 Å². The van der Waals surface area contributed by atoms with Crippen LogP contribution in [-0.2, 0) is 11.3 Å². The molecule has 1 heterocycles. The zero-order chi connectivity index (χ0) is 21.5. The number of nitrogens with zero attached hydrogens (tertiary/aromatic N) is 3. The molecule has 0 bridgehead atoms. The van der Waals surface area contributed by atoms with Crippen LogP contribution in [0.5, 0.6) is 5.88 Å². The number of alkyl halides is 3. The number of aromatic nitrogens is 1. The molecule has 0 atom stereocenters. The minimum absolute atomic E-state index is 0.0807. The first-order valence-corrected chi connectivity index (χ1v) is 9.46. The van der Waals surface area contributed by atoms with Crippen molar-refractivity contribution in [3.63, 3.8) is 0 Å². The average Bonchev–Trinajstić information content (AvgIpc) is 3.16. The molecule has 1 aliphatic rings. The van der Waals surface area contributed by atoms with Gasteiger partial charge >= 0.3 is 6.18 Å². The maximum atomic E-state index is 12.7. The van der Waals surface area contributed by atoms with Crippen molar-refractivity contribution in [1.29, 1.82) is 0 Å². The van der Waals surface area contributed by atoms with E-state index in [2.05, 4.69) is 20.6 Å². The van der Waals surface area contributed by atoms with Crippen molar-refractivity contribution in [2.75, 3.05) is 34.3 Å². The van der Waals surface area contributed by atoms with Gasteiger partial charge in [-0.3, -0.25) is 9.79 Å². The lowest BCUT2D eigenvalue weighted by atomic mass is 9.84. The van der Waals surface area contributed by atoms with Crippen LogP contribution >= 0.6 is 0 Å². The summed E-state index contributed by atoms with van der Waals surface area (Å²) in [6.07, 6.45) is 0.567. The highest BCUT2D eigenvalue weighted by Crippen LogP contribution is 2.38. The summed E-state index contributed by atoms with van der Waals surface area (Å²) >= 11 is 0. The van der Waals surface area contributed by atoms with E-state index in [1.807, 2.05) is 0 Å². The molecule has 162 valence electrons. The van der Waals surface area contributed by atoms with Crippen LogP contribution in [0.4, 0.5) is 13.2 Å². The summed E-state index contributed by atoms with van der Waals surface area (Å²) < 4.78 is 42.1. The highest BCUT2D eigenvalue weighted by molar-refractivity contribution is 5.85. The van der Waals surface area contributed by atoms with E-state index in [1.54, 1.807) is 38.2 Å². The Labute approximate surface area is 168 Å². The molecule has 0 aliphatic heterocycles. The quantitative estimate of drug-likeness (QED) is 0.528. The molecule has 1 aromatic heterocycles. The summed E-state index contributed by atoms with van der Waals surface area (Å²) in [4.78, 5) is 22.3. The predicted molar refractivity (Wildman–Crippen MR) is 104 cm³/mol. The molecule has 10 heteroatoms. The van der Waals surface area contributed by atoms with Crippen LogP contribution < -0.4 is 15.4 Å². The number of rotatable bonds is 7. The maximum Gasteiger partial charge on any atom is 0.422 e. The minimum atomic E-state index is -4.44. The van der Waals surface area contributed by atoms with E-state index >= 15 is 0 Å². The van der Waals surface area contributed by atoms with Gasteiger partial charge in [0.1, 0.15) is 0 Å². The van der Waals surface area contributed by atoms with Gasteiger partial charge in [0.15, 0.2) is 12.6 Å². The van der Waals surface area contributed by atoms with E-state index in [0.29, 0.717) is 18.1 Å². The zero-order valence-electron chi connectivity index (χ0n) is 17.0. The fraction of sp³-hybridized carbons (Fsp3) is 0.632. The normalized spacial score (nSPS) is 16.4. The average molecular weight is 415 g/mol. The molecular weight excluding hydrogens is 387 g/mol. The molecule has 0 unspecified atom stereocenters. The van der Waals surface area contributed by atoms with Crippen molar-refractivity contribution in [2.45, 2.75) is 38.4 Å². The van der Waals surface area contributed by atoms with Crippen molar-refractivity contribution >= 4 is 11.9 Å². The molecule has 7 nitrogen and oxygen atoms in total. The topological polar surface area (TPSA) is 78.9 Å². The predicted octanol–water partition coefficient (Wildman–Crippen LogP) is 2.34. The Hall–Kier alpha value is -2.52. The first-order chi connectivity index (χ1) is 13.7. The third-order valence-corrected chi connectivity index (χ3v) is 4.91. The van der Waals surface area contributed by atoms with Gasteiger partial charge in [0.25, 0.3) is 0 Å². The van der Waals surface area contributed by atoms with Crippen molar-refractivity contribution in [2.24, 2.45) is 10.4 Å². The summed E-state index contributed by atoms with van der Waals surface area (Å²) in [5.74, 6) is 0.462. The van der Waals surface area contributed by atoms with Crippen LogP contribution in [-0.4, -0.2) is 62.2 Å². The number of nitrogens with one attached hydrogen (secondary N) is 2. The van der Waals surface area contributed by atoms with Gasteiger partial charge in [-0.25, -0.2) is 4.98 Å². The number of hydrogen-bond acceptors (Lipinski definition) is 4. The molecule has 1 saturated carbocycles. The van der Waals surface area contributed by atoms with E-state index in [1.165, 1.54) is 6.20 Å². The Morgan fingerprint density at radius 1 is 1.31 bits per heavy atom. The number of pyridine rings is 1. The van der Waals surface area contributed by atoms with Crippen LogP contribution in [0.2, 0.25) is 0 Å². The van der Waals surface area contributed by atoms with Crippen molar-refractivity contribution in [3.05, 3.63) is 23.9 Å². The van der Waals surface area contributed by atoms with E-state index in [9.17, 15) is 18.0 Å². The van der Waals surface area contributed by atoms with E-state index in [0.717, 1.165) is 25.7 Å². The molecule has 2 N–H and O–H groups in total. The third-order valence-electron chi connectivity index (χ3n) is 4.91. The minimum Gasteiger partial charge on any atom is -0.468 e. The molecule has 0 aromatic carbocycles. The lowest BCUT2D eigenvalue weighted by molar-refractivity contribution is -0.154. The van der Waals surface area contributed by atoms with E-state index < -0.39 is 18.2 Å². The molecule has 1 fully saturated rings. The van der Waals surface area contributed by atoms with Gasteiger partial charge in [0.05, 0.1) is 5.41 Å². The van der Waals surface area contributed by atoms with Crippen LogP contribution in [0.25, 0.3) is 0 Å². The lowest BCUT2D eigenvalue weighted by Gasteiger charge is -2.31. The monoisotopic (exact) mass is 415 g/mol. The van der Waals surface area contributed by atoms with Crippen molar-refractivity contribution in [3.8, 4) is 5.88 Å². The standard InChI is InChI=1S/C19H28F3N5O2/c1-23-17(26-12-18(8-4-5-9-18)16(28)27(2)3)25-11-14-7-6-10-24-15(14)29-13-19(20,21)22/h6-7,10H,4-5,8-9,11-13H2,1-3H3,(H2,23,25,26). The molecule has 2 rings (SSSR count). The highest BCUT2D eigenvalue weighted by atomic mass is 19.4. The lowest BCUT2D eigenvalue weighted by Crippen LogP contribution is -2.49. The first kappa shape index (κ1) is 22.8. The molecule has 1 aromatic rings. The second-order valence-electron chi connectivity index (χ2n) is 7.34. The van der Waals surface area contributed by atoms with Gasteiger partial charge < -0.3 is 20.3 Å². The van der Waals surface area contributed by atoms with Crippen LogP contribution in [0.15, 0.2) is 23.3 Å². The smallest absolute Gasteiger partial charge is 0.422 e. The number of carbonyl (C=O) groups is 1. The molecule has 1 amide bonds.